The molecule has 4 heteroatoms. The third-order valence-corrected chi connectivity index (χ3v) is 2.70. The molecule has 0 spiro atoms. The van der Waals surface area contributed by atoms with Crippen molar-refractivity contribution in [2.24, 2.45) is 0 Å². The number of rotatable bonds is 1. The van der Waals surface area contributed by atoms with E-state index in [0.29, 0.717) is 5.56 Å². The molecular weight excluding hydrogens is 256 g/mol. The smallest absolute Gasteiger partial charge is 0.130 e. The van der Waals surface area contributed by atoms with Gasteiger partial charge in [0.05, 0.1) is 0 Å². The van der Waals surface area contributed by atoms with Crippen molar-refractivity contribution in [3.63, 3.8) is 0 Å². The summed E-state index contributed by atoms with van der Waals surface area (Å²) >= 11 is 3.31. The number of halogens is 1. The van der Waals surface area contributed by atoms with Crippen LogP contribution < -0.4 is 0 Å². The van der Waals surface area contributed by atoms with Crippen LogP contribution in [-0.2, 0) is 0 Å². The predicted molar refractivity (Wildman–Crippen MR) is 59.7 cm³/mol. The van der Waals surface area contributed by atoms with Crippen molar-refractivity contribution in [1.82, 2.24) is 0 Å². The lowest BCUT2D eigenvalue weighted by atomic mass is 10.1. The molecule has 3 nitrogen and oxygen atoms in total. The molecule has 0 aromatic heterocycles. The van der Waals surface area contributed by atoms with Gasteiger partial charge in [0.2, 0.25) is 0 Å². The van der Waals surface area contributed by atoms with E-state index in [1.165, 1.54) is 6.08 Å². The molecule has 0 radical (unpaired) electrons. The Kier molecular flexibility index (Phi) is 3.49. The van der Waals surface area contributed by atoms with Gasteiger partial charge in [0.1, 0.15) is 23.5 Å². The first-order valence-electron chi connectivity index (χ1n) is 4.09. The summed E-state index contributed by atoms with van der Waals surface area (Å²) in [6.07, 6.45) is 1.35. The number of hydrogen-bond acceptors (Lipinski definition) is 3. The highest BCUT2D eigenvalue weighted by Crippen LogP contribution is 2.27. The molecule has 1 aromatic carbocycles. The second kappa shape index (κ2) is 4.63. The number of nitriles is 2. The van der Waals surface area contributed by atoms with Gasteiger partial charge in [-0.25, -0.2) is 0 Å². The minimum absolute atomic E-state index is 0.0407. The first kappa shape index (κ1) is 11.3. The van der Waals surface area contributed by atoms with E-state index in [4.69, 9.17) is 10.5 Å². The monoisotopic (exact) mass is 262 g/mol. The van der Waals surface area contributed by atoms with Crippen molar-refractivity contribution < 1.29 is 5.11 Å². The van der Waals surface area contributed by atoms with Crippen LogP contribution in [0.4, 0.5) is 0 Å². The number of nitrogens with zero attached hydrogens (tertiary/aromatic N) is 2. The average Bonchev–Trinajstić information content (AvgIpc) is 2.21. The van der Waals surface area contributed by atoms with E-state index in [1.807, 2.05) is 6.92 Å². The summed E-state index contributed by atoms with van der Waals surface area (Å²) < 4.78 is 0.821. The summed E-state index contributed by atoms with van der Waals surface area (Å²) in [5.74, 6) is 0.0544. The zero-order valence-corrected chi connectivity index (χ0v) is 9.54. The zero-order chi connectivity index (χ0) is 11.4. The summed E-state index contributed by atoms with van der Waals surface area (Å²) in [4.78, 5) is 0. The Labute approximate surface area is 96.0 Å². The molecular formula is C11H7BrN2O. The van der Waals surface area contributed by atoms with Gasteiger partial charge in [-0.05, 0) is 30.7 Å². The Balaban J connectivity index is 3.30. The van der Waals surface area contributed by atoms with Crippen molar-refractivity contribution in [3.05, 3.63) is 33.3 Å². The molecule has 0 saturated heterocycles. The topological polar surface area (TPSA) is 67.8 Å². The third-order valence-electron chi connectivity index (χ3n) is 1.85. The Bertz CT molecular complexity index is 491. The second-order valence-electron chi connectivity index (χ2n) is 2.94. The number of aryl methyl sites for hydroxylation is 1. The third kappa shape index (κ3) is 2.59. The Morgan fingerprint density at radius 2 is 2.00 bits per heavy atom. The van der Waals surface area contributed by atoms with Crippen LogP contribution in [0.3, 0.4) is 0 Å². The van der Waals surface area contributed by atoms with Crippen LogP contribution in [0.1, 0.15) is 11.1 Å². The fourth-order valence-corrected chi connectivity index (χ4v) is 1.40. The first-order chi connectivity index (χ1) is 7.08. The van der Waals surface area contributed by atoms with Gasteiger partial charge in [0.25, 0.3) is 0 Å². The molecule has 0 saturated carbocycles. The number of hydrogen-bond donors (Lipinski definition) is 1. The molecule has 0 unspecified atom stereocenters. The zero-order valence-electron chi connectivity index (χ0n) is 7.95. The molecule has 0 bridgehead atoms. The number of phenolic OH excluding ortho intramolecular Hbond substituents is 1. The predicted octanol–water partition coefficient (Wildman–Crippen LogP) is 2.89. The van der Waals surface area contributed by atoms with Gasteiger partial charge < -0.3 is 5.11 Å². The minimum Gasteiger partial charge on any atom is -0.507 e. The molecule has 1 N–H and O–H groups in total. The van der Waals surface area contributed by atoms with Gasteiger partial charge in [-0.3, -0.25) is 0 Å². The second-order valence-corrected chi connectivity index (χ2v) is 3.80. The van der Waals surface area contributed by atoms with Gasteiger partial charge in [0, 0.05) is 10.0 Å². The van der Waals surface area contributed by atoms with Gasteiger partial charge in [-0.2, -0.15) is 10.5 Å². The van der Waals surface area contributed by atoms with Crippen LogP contribution in [0.15, 0.2) is 22.2 Å². The fourth-order valence-electron chi connectivity index (χ4n) is 1.04. The van der Waals surface area contributed by atoms with Crippen LogP contribution in [-0.4, -0.2) is 5.11 Å². The standard InChI is InChI=1S/C11H7BrN2O/c1-7-2-11(15)9(4-10(7)12)3-8(5-13)6-14/h2-4,15H,1H3. The lowest BCUT2D eigenvalue weighted by Gasteiger charge is -2.03. The molecule has 0 aliphatic carbocycles. The van der Waals surface area contributed by atoms with Crippen molar-refractivity contribution in [3.8, 4) is 17.9 Å². The van der Waals surface area contributed by atoms with Gasteiger partial charge in [-0.1, -0.05) is 15.9 Å². The molecule has 0 fully saturated rings. The van der Waals surface area contributed by atoms with E-state index in [-0.39, 0.29) is 11.3 Å². The van der Waals surface area contributed by atoms with Crippen LogP contribution in [0.25, 0.3) is 6.08 Å². The molecule has 0 aliphatic heterocycles. The highest BCUT2D eigenvalue weighted by Gasteiger charge is 2.04. The van der Waals surface area contributed by atoms with Crippen LogP contribution >= 0.6 is 15.9 Å². The molecule has 1 aromatic rings. The van der Waals surface area contributed by atoms with E-state index in [2.05, 4.69) is 15.9 Å². The van der Waals surface area contributed by atoms with E-state index in [1.54, 1.807) is 24.3 Å². The molecule has 0 aliphatic rings. The highest BCUT2D eigenvalue weighted by molar-refractivity contribution is 9.10. The van der Waals surface area contributed by atoms with Crippen molar-refractivity contribution in [1.29, 1.82) is 10.5 Å². The fraction of sp³-hybridized carbons (Fsp3) is 0.0909. The molecule has 74 valence electrons. The summed E-state index contributed by atoms with van der Waals surface area (Å²) in [5, 5.41) is 26.7. The van der Waals surface area contributed by atoms with E-state index < -0.39 is 0 Å². The van der Waals surface area contributed by atoms with Gasteiger partial charge in [0.15, 0.2) is 0 Å². The quantitative estimate of drug-likeness (QED) is 0.792. The maximum atomic E-state index is 9.57. The van der Waals surface area contributed by atoms with Crippen molar-refractivity contribution in [2.75, 3.05) is 0 Å². The first-order valence-corrected chi connectivity index (χ1v) is 4.88. The number of benzene rings is 1. The number of allylic oxidation sites excluding steroid dienone is 1. The lowest BCUT2D eigenvalue weighted by molar-refractivity contribution is 0.473. The SMILES string of the molecule is Cc1cc(O)c(C=C(C#N)C#N)cc1Br. The normalized spacial score (nSPS) is 8.80. The Morgan fingerprint density at radius 1 is 1.40 bits per heavy atom. The molecule has 0 atom stereocenters. The number of phenols is 1. The van der Waals surface area contributed by atoms with Crippen LogP contribution in [0.5, 0.6) is 5.75 Å². The largest absolute Gasteiger partial charge is 0.507 e. The summed E-state index contributed by atoms with van der Waals surface area (Å²) in [6, 6.07) is 6.71. The average molecular weight is 263 g/mol. The van der Waals surface area contributed by atoms with Crippen molar-refractivity contribution in [2.45, 2.75) is 6.92 Å². The van der Waals surface area contributed by atoms with Gasteiger partial charge in [-0.15, -0.1) is 0 Å². The maximum Gasteiger partial charge on any atom is 0.130 e. The summed E-state index contributed by atoms with van der Waals surface area (Å²) in [6.45, 7) is 1.84. The van der Waals surface area contributed by atoms with E-state index in [0.717, 1.165) is 10.0 Å². The molecule has 15 heavy (non-hydrogen) atoms. The molecule has 1 rings (SSSR count). The Morgan fingerprint density at radius 3 is 2.53 bits per heavy atom. The highest BCUT2D eigenvalue weighted by atomic mass is 79.9. The summed E-state index contributed by atoms with van der Waals surface area (Å²) in [7, 11) is 0. The van der Waals surface area contributed by atoms with E-state index >= 15 is 0 Å². The molecule has 0 heterocycles. The lowest BCUT2D eigenvalue weighted by Crippen LogP contribution is -1.82. The van der Waals surface area contributed by atoms with Crippen molar-refractivity contribution >= 4 is 22.0 Å². The maximum absolute atomic E-state index is 9.57. The minimum atomic E-state index is -0.0407. The number of aromatic hydroxyl groups is 1. The molecule has 0 amide bonds. The van der Waals surface area contributed by atoms with Crippen LogP contribution in [0, 0.1) is 29.6 Å². The van der Waals surface area contributed by atoms with E-state index in [9.17, 15) is 5.11 Å². The Hall–Kier alpha value is -1.78. The van der Waals surface area contributed by atoms with Gasteiger partial charge >= 0.3 is 0 Å². The summed E-state index contributed by atoms with van der Waals surface area (Å²) in [5.41, 5.74) is 1.30. The van der Waals surface area contributed by atoms with Crippen LogP contribution in [0.2, 0.25) is 0 Å².